The molecule has 0 saturated carbocycles. The van der Waals surface area contributed by atoms with Crippen molar-refractivity contribution in [2.75, 3.05) is 0 Å². The SMILES string of the molecule is C/C=C\C=C/C(=O)[O-]. The molecule has 0 atom stereocenters. The van der Waals surface area contributed by atoms with E-state index in [1.54, 1.807) is 19.1 Å². The third kappa shape index (κ3) is 4.95. The van der Waals surface area contributed by atoms with Gasteiger partial charge in [0.15, 0.2) is 0 Å². The summed E-state index contributed by atoms with van der Waals surface area (Å²) >= 11 is 0. The molecule has 2 heteroatoms. The molecular weight excluding hydrogens is 104 g/mol. The van der Waals surface area contributed by atoms with Gasteiger partial charge in [0.05, 0.1) is 5.97 Å². The Balaban J connectivity index is 3.50. The predicted octanol–water partition coefficient (Wildman–Crippen LogP) is -0.131. The van der Waals surface area contributed by atoms with Crippen LogP contribution >= 0.6 is 0 Å². The summed E-state index contributed by atoms with van der Waals surface area (Å²) in [5, 5.41) is 9.64. The number of carbonyl (C=O) groups is 1. The fourth-order valence-corrected chi connectivity index (χ4v) is 0.245. The zero-order valence-corrected chi connectivity index (χ0v) is 4.63. The number of carbonyl (C=O) groups excluding carboxylic acids is 1. The molecule has 44 valence electrons. The van der Waals surface area contributed by atoms with Crippen molar-refractivity contribution in [3.05, 3.63) is 24.3 Å². The summed E-state index contributed by atoms with van der Waals surface area (Å²) in [4.78, 5) is 9.64. The number of carboxylic acid groups (broad SMARTS) is 1. The Morgan fingerprint density at radius 1 is 1.50 bits per heavy atom. The monoisotopic (exact) mass is 111 g/mol. The number of rotatable bonds is 2. The summed E-state index contributed by atoms with van der Waals surface area (Å²) in [6.07, 6.45) is 5.74. The Bertz CT molecular complexity index is 122. The first kappa shape index (κ1) is 6.95. The van der Waals surface area contributed by atoms with Crippen LogP contribution in [0.15, 0.2) is 24.3 Å². The standard InChI is InChI=1S/C6H8O2/c1-2-3-4-5-6(7)8/h2-5H,1H3,(H,7,8)/p-1/b3-2-,5-4-. The average Bonchev–Trinajstić information content (AvgIpc) is 1.66. The fourth-order valence-electron chi connectivity index (χ4n) is 0.245. The maximum Gasteiger partial charge on any atom is 0.0642 e. The van der Waals surface area contributed by atoms with Gasteiger partial charge in [0.1, 0.15) is 0 Å². The van der Waals surface area contributed by atoms with Crippen LogP contribution in [0.1, 0.15) is 6.92 Å². The van der Waals surface area contributed by atoms with Gasteiger partial charge in [0.2, 0.25) is 0 Å². The van der Waals surface area contributed by atoms with Crippen molar-refractivity contribution in [1.29, 1.82) is 0 Å². The van der Waals surface area contributed by atoms with Crippen LogP contribution in [-0.2, 0) is 4.79 Å². The molecule has 0 fully saturated rings. The van der Waals surface area contributed by atoms with Gasteiger partial charge in [0.25, 0.3) is 0 Å². The largest absolute Gasteiger partial charge is 0.545 e. The van der Waals surface area contributed by atoms with E-state index >= 15 is 0 Å². The fraction of sp³-hybridized carbons (Fsp3) is 0.167. The first-order valence-electron chi connectivity index (χ1n) is 2.27. The summed E-state index contributed by atoms with van der Waals surface area (Å²) in [5.41, 5.74) is 0. The predicted molar refractivity (Wildman–Crippen MR) is 29.0 cm³/mol. The van der Waals surface area contributed by atoms with Gasteiger partial charge in [-0.25, -0.2) is 0 Å². The Morgan fingerprint density at radius 2 is 2.12 bits per heavy atom. The van der Waals surface area contributed by atoms with E-state index in [1.165, 1.54) is 6.08 Å². The van der Waals surface area contributed by atoms with Crippen molar-refractivity contribution in [2.24, 2.45) is 0 Å². The van der Waals surface area contributed by atoms with Crippen molar-refractivity contribution in [3.8, 4) is 0 Å². The van der Waals surface area contributed by atoms with Gasteiger partial charge in [-0.1, -0.05) is 18.2 Å². The van der Waals surface area contributed by atoms with E-state index in [4.69, 9.17) is 0 Å². The van der Waals surface area contributed by atoms with Crippen molar-refractivity contribution in [1.82, 2.24) is 0 Å². The van der Waals surface area contributed by atoms with E-state index in [9.17, 15) is 9.90 Å². The second-order valence-corrected chi connectivity index (χ2v) is 1.20. The molecule has 8 heavy (non-hydrogen) atoms. The van der Waals surface area contributed by atoms with Crippen LogP contribution < -0.4 is 5.11 Å². The Morgan fingerprint density at radius 3 is 2.50 bits per heavy atom. The van der Waals surface area contributed by atoms with Gasteiger partial charge in [-0.3, -0.25) is 0 Å². The first-order chi connectivity index (χ1) is 3.77. The molecule has 0 aliphatic rings. The van der Waals surface area contributed by atoms with E-state index in [-0.39, 0.29) is 0 Å². The van der Waals surface area contributed by atoms with Gasteiger partial charge >= 0.3 is 0 Å². The molecule has 0 aliphatic heterocycles. The van der Waals surface area contributed by atoms with Crippen molar-refractivity contribution < 1.29 is 9.90 Å². The normalized spacial score (nSPS) is 11.1. The zero-order chi connectivity index (χ0) is 6.41. The second kappa shape index (κ2) is 4.12. The van der Waals surface area contributed by atoms with Crippen LogP contribution in [0.5, 0.6) is 0 Å². The number of hydrogen-bond acceptors (Lipinski definition) is 2. The molecule has 0 unspecified atom stereocenters. The lowest BCUT2D eigenvalue weighted by molar-refractivity contribution is -0.297. The van der Waals surface area contributed by atoms with Gasteiger partial charge in [-0.15, -0.1) is 0 Å². The average molecular weight is 111 g/mol. The van der Waals surface area contributed by atoms with E-state index in [0.717, 1.165) is 6.08 Å². The van der Waals surface area contributed by atoms with Crippen molar-refractivity contribution in [2.45, 2.75) is 6.92 Å². The number of aliphatic carboxylic acids is 1. The molecule has 0 heterocycles. The van der Waals surface area contributed by atoms with Crippen molar-refractivity contribution in [3.63, 3.8) is 0 Å². The Labute approximate surface area is 48.1 Å². The highest BCUT2D eigenvalue weighted by molar-refractivity contribution is 5.77. The molecule has 0 aromatic heterocycles. The minimum atomic E-state index is -1.16. The maximum absolute atomic E-state index is 9.64. The smallest absolute Gasteiger partial charge is 0.0642 e. The molecule has 0 N–H and O–H groups in total. The molecule has 0 spiro atoms. The van der Waals surface area contributed by atoms with E-state index in [1.807, 2.05) is 0 Å². The summed E-state index contributed by atoms with van der Waals surface area (Å²) in [6.45, 7) is 1.81. The van der Waals surface area contributed by atoms with Crippen LogP contribution in [0, 0.1) is 0 Å². The third-order valence-corrected chi connectivity index (χ3v) is 0.536. The summed E-state index contributed by atoms with van der Waals surface area (Å²) in [7, 11) is 0. The molecular formula is C6H7O2-. The molecule has 0 saturated heterocycles. The molecule has 0 aromatic rings. The topological polar surface area (TPSA) is 40.1 Å². The summed E-state index contributed by atoms with van der Waals surface area (Å²) < 4.78 is 0. The third-order valence-electron chi connectivity index (χ3n) is 0.536. The van der Waals surface area contributed by atoms with Gasteiger partial charge in [-0.05, 0) is 13.0 Å². The van der Waals surface area contributed by atoms with Gasteiger partial charge < -0.3 is 9.90 Å². The van der Waals surface area contributed by atoms with Gasteiger partial charge in [-0.2, -0.15) is 0 Å². The molecule has 0 rings (SSSR count). The van der Waals surface area contributed by atoms with Crippen molar-refractivity contribution >= 4 is 5.97 Å². The summed E-state index contributed by atoms with van der Waals surface area (Å²) in [5.74, 6) is -1.16. The lowest BCUT2D eigenvalue weighted by atomic mass is 10.4. The Hall–Kier alpha value is -1.05. The van der Waals surface area contributed by atoms with E-state index in [0.29, 0.717) is 0 Å². The molecule has 0 aliphatic carbocycles. The molecule has 0 bridgehead atoms. The highest BCUT2D eigenvalue weighted by Crippen LogP contribution is 1.72. The molecule has 0 amide bonds. The minimum Gasteiger partial charge on any atom is -0.545 e. The lowest BCUT2D eigenvalue weighted by Crippen LogP contribution is -2.18. The molecule has 0 aromatic carbocycles. The number of allylic oxidation sites excluding steroid dienone is 3. The van der Waals surface area contributed by atoms with E-state index in [2.05, 4.69) is 0 Å². The Kier molecular flexibility index (Phi) is 3.58. The molecule has 2 nitrogen and oxygen atoms in total. The summed E-state index contributed by atoms with van der Waals surface area (Å²) in [6, 6.07) is 0. The zero-order valence-electron chi connectivity index (χ0n) is 4.63. The van der Waals surface area contributed by atoms with Crippen LogP contribution in [0.25, 0.3) is 0 Å². The highest BCUT2D eigenvalue weighted by Gasteiger charge is 1.64. The second-order valence-electron chi connectivity index (χ2n) is 1.20. The van der Waals surface area contributed by atoms with Crippen LogP contribution in [-0.4, -0.2) is 5.97 Å². The number of hydrogen-bond donors (Lipinski definition) is 0. The highest BCUT2D eigenvalue weighted by atomic mass is 16.4. The first-order valence-corrected chi connectivity index (χ1v) is 2.27. The minimum absolute atomic E-state index is 0.972. The van der Waals surface area contributed by atoms with E-state index < -0.39 is 5.97 Å². The maximum atomic E-state index is 9.64. The lowest BCUT2D eigenvalue weighted by Gasteiger charge is -1.84. The van der Waals surface area contributed by atoms with Crippen LogP contribution in [0.2, 0.25) is 0 Å². The quantitative estimate of drug-likeness (QED) is 0.368. The van der Waals surface area contributed by atoms with Gasteiger partial charge in [0, 0.05) is 0 Å². The van der Waals surface area contributed by atoms with Crippen LogP contribution in [0.4, 0.5) is 0 Å². The molecule has 0 radical (unpaired) electrons. The van der Waals surface area contributed by atoms with Crippen LogP contribution in [0.3, 0.4) is 0 Å². The number of carboxylic acids is 1.